The van der Waals surface area contributed by atoms with Crippen molar-refractivity contribution in [3.63, 3.8) is 0 Å². The van der Waals surface area contributed by atoms with E-state index in [4.69, 9.17) is 9.73 Å². The van der Waals surface area contributed by atoms with Crippen LogP contribution in [0.3, 0.4) is 0 Å². The summed E-state index contributed by atoms with van der Waals surface area (Å²) in [7, 11) is 0. The number of rotatable bonds is 5. The predicted octanol–water partition coefficient (Wildman–Crippen LogP) is 3.93. The van der Waals surface area contributed by atoms with Gasteiger partial charge >= 0.3 is 0 Å². The van der Waals surface area contributed by atoms with Gasteiger partial charge in [0.05, 0.1) is 12.1 Å². The van der Waals surface area contributed by atoms with Crippen molar-refractivity contribution in [3.8, 4) is 0 Å². The van der Waals surface area contributed by atoms with E-state index in [-0.39, 0.29) is 11.0 Å². The molecule has 1 aromatic rings. The average Bonchev–Trinajstić information content (AvgIpc) is 3.00. The fourth-order valence-electron chi connectivity index (χ4n) is 4.12. The Bertz CT molecular complexity index is 520. The SMILES string of the molecule is CC1(C)CC(C=NCc2ccccc2)(CN2CCCC2)CCO1. The average molecular weight is 314 g/mol. The Morgan fingerprint density at radius 2 is 1.91 bits per heavy atom. The van der Waals surface area contributed by atoms with Gasteiger partial charge < -0.3 is 9.64 Å². The molecule has 2 saturated heterocycles. The Labute approximate surface area is 140 Å². The molecule has 3 rings (SSSR count). The Hall–Kier alpha value is -1.19. The van der Waals surface area contributed by atoms with Crippen LogP contribution in [0.25, 0.3) is 0 Å². The predicted molar refractivity (Wildman–Crippen MR) is 96.0 cm³/mol. The highest BCUT2D eigenvalue weighted by molar-refractivity contribution is 5.66. The summed E-state index contributed by atoms with van der Waals surface area (Å²) in [6, 6.07) is 10.5. The number of ether oxygens (including phenoxy) is 1. The molecule has 2 aliphatic rings. The lowest BCUT2D eigenvalue weighted by atomic mass is 9.74. The molecule has 1 atom stereocenters. The van der Waals surface area contributed by atoms with Crippen LogP contribution < -0.4 is 0 Å². The second-order valence-corrected chi connectivity index (χ2v) is 7.84. The van der Waals surface area contributed by atoms with E-state index in [0.29, 0.717) is 0 Å². The van der Waals surface area contributed by atoms with Crippen molar-refractivity contribution < 1.29 is 4.74 Å². The summed E-state index contributed by atoms with van der Waals surface area (Å²) in [5, 5.41) is 0. The molecule has 1 unspecified atom stereocenters. The molecule has 2 aliphatic heterocycles. The van der Waals surface area contributed by atoms with E-state index in [1.807, 2.05) is 0 Å². The van der Waals surface area contributed by atoms with Gasteiger partial charge in [0.2, 0.25) is 0 Å². The first kappa shape index (κ1) is 16.7. The van der Waals surface area contributed by atoms with Gasteiger partial charge in [-0.3, -0.25) is 4.99 Å². The van der Waals surface area contributed by atoms with Crippen LogP contribution in [-0.4, -0.2) is 43.0 Å². The van der Waals surface area contributed by atoms with Crippen LogP contribution in [0.15, 0.2) is 35.3 Å². The number of benzene rings is 1. The summed E-state index contributed by atoms with van der Waals surface area (Å²) in [6.07, 6.45) is 7.11. The Balaban J connectivity index is 1.71. The molecule has 126 valence electrons. The molecular formula is C20H30N2O. The fourth-order valence-corrected chi connectivity index (χ4v) is 4.12. The lowest BCUT2D eigenvalue weighted by Gasteiger charge is -2.44. The molecule has 0 aromatic heterocycles. The number of hydrogen-bond acceptors (Lipinski definition) is 3. The van der Waals surface area contributed by atoms with Crippen LogP contribution in [0, 0.1) is 5.41 Å². The van der Waals surface area contributed by atoms with Gasteiger partial charge in [-0.15, -0.1) is 0 Å². The van der Waals surface area contributed by atoms with Crippen LogP contribution in [0.5, 0.6) is 0 Å². The molecule has 0 aliphatic carbocycles. The van der Waals surface area contributed by atoms with E-state index in [0.717, 1.165) is 32.5 Å². The monoisotopic (exact) mass is 314 g/mol. The first-order valence-corrected chi connectivity index (χ1v) is 8.98. The van der Waals surface area contributed by atoms with Crippen LogP contribution >= 0.6 is 0 Å². The lowest BCUT2D eigenvalue weighted by molar-refractivity contribution is -0.0897. The summed E-state index contributed by atoms with van der Waals surface area (Å²) >= 11 is 0. The summed E-state index contributed by atoms with van der Waals surface area (Å²) < 4.78 is 5.97. The molecule has 1 aromatic carbocycles. The highest BCUT2D eigenvalue weighted by Crippen LogP contribution is 2.39. The number of hydrogen-bond donors (Lipinski definition) is 0. The van der Waals surface area contributed by atoms with E-state index in [9.17, 15) is 0 Å². The molecule has 0 bridgehead atoms. The number of nitrogens with zero attached hydrogens (tertiary/aromatic N) is 2. The minimum absolute atomic E-state index is 0.0449. The minimum Gasteiger partial charge on any atom is -0.376 e. The maximum absolute atomic E-state index is 5.97. The number of aliphatic imine (C=N–C) groups is 1. The first-order valence-electron chi connectivity index (χ1n) is 8.98. The fraction of sp³-hybridized carbons (Fsp3) is 0.650. The number of likely N-dealkylation sites (tertiary alicyclic amines) is 1. The van der Waals surface area contributed by atoms with Crippen LogP contribution in [0.1, 0.15) is 45.1 Å². The van der Waals surface area contributed by atoms with E-state index >= 15 is 0 Å². The summed E-state index contributed by atoms with van der Waals surface area (Å²) in [5.74, 6) is 0. The molecular weight excluding hydrogens is 284 g/mol. The van der Waals surface area contributed by atoms with Crippen molar-refractivity contribution in [1.29, 1.82) is 0 Å². The Morgan fingerprint density at radius 1 is 1.17 bits per heavy atom. The smallest absolute Gasteiger partial charge is 0.0636 e. The minimum atomic E-state index is -0.0449. The largest absolute Gasteiger partial charge is 0.376 e. The van der Waals surface area contributed by atoms with E-state index in [1.165, 1.54) is 31.5 Å². The Kier molecular flexibility index (Phi) is 5.17. The third-order valence-corrected chi connectivity index (χ3v) is 5.09. The molecule has 3 heteroatoms. The molecule has 2 fully saturated rings. The van der Waals surface area contributed by atoms with Crippen LogP contribution in [0.4, 0.5) is 0 Å². The van der Waals surface area contributed by atoms with Crippen molar-refractivity contribution in [2.24, 2.45) is 10.4 Å². The van der Waals surface area contributed by atoms with Gasteiger partial charge in [0.15, 0.2) is 0 Å². The molecule has 0 radical (unpaired) electrons. The summed E-state index contributed by atoms with van der Waals surface area (Å²) in [4.78, 5) is 7.46. The van der Waals surface area contributed by atoms with Gasteiger partial charge in [-0.1, -0.05) is 30.3 Å². The molecule has 3 nitrogen and oxygen atoms in total. The molecule has 0 spiro atoms. The zero-order chi connectivity index (χ0) is 16.2. The van der Waals surface area contributed by atoms with Gasteiger partial charge in [-0.2, -0.15) is 0 Å². The van der Waals surface area contributed by atoms with Gasteiger partial charge in [0, 0.05) is 24.8 Å². The van der Waals surface area contributed by atoms with Crippen molar-refractivity contribution >= 4 is 6.21 Å². The summed E-state index contributed by atoms with van der Waals surface area (Å²) in [5.41, 5.74) is 1.41. The van der Waals surface area contributed by atoms with Crippen molar-refractivity contribution in [2.45, 2.75) is 51.7 Å². The van der Waals surface area contributed by atoms with E-state index in [1.54, 1.807) is 0 Å². The zero-order valence-corrected chi connectivity index (χ0v) is 14.6. The maximum atomic E-state index is 5.97. The van der Waals surface area contributed by atoms with Gasteiger partial charge in [0.1, 0.15) is 0 Å². The second-order valence-electron chi connectivity index (χ2n) is 7.84. The molecule has 2 heterocycles. The lowest BCUT2D eigenvalue weighted by Crippen LogP contribution is -2.48. The normalized spacial score (nSPS) is 28.4. The first-order chi connectivity index (χ1) is 11.1. The third kappa shape index (κ3) is 4.65. The molecule has 0 N–H and O–H groups in total. The zero-order valence-electron chi connectivity index (χ0n) is 14.6. The Morgan fingerprint density at radius 3 is 2.61 bits per heavy atom. The standard InChI is InChI=1S/C20H30N2O/c1-19(2)15-20(10-13-23-19,17-22-11-6-7-12-22)16-21-14-18-8-4-3-5-9-18/h3-5,8-9,16H,6-7,10-15,17H2,1-2H3. The van der Waals surface area contributed by atoms with Crippen LogP contribution in [-0.2, 0) is 11.3 Å². The summed E-state index contributed by atoms with van der Waals surface area (Å²) in [6.45, 7) is 9.69. The third-order valence-electron chi connectivity index (χ3n) is 5.09. The second kappa shape index (κ2) is 7.14. The topological polar surface area (TPSA) is 24.8 Å². The van der Waals surface area contributed by atoms with Crippen molar-refractivity contribution in [3.05, 3.63) is 35.9 Å². The van der Waals surface area contributed by atoms with Gasteiger partial charge in [-0.25, -0.2) is 0 Å². The van der Waals surface area contributed by atoms with Gasteiger partial charge in [0.25, 0.3) is 0 Å². The van der Waals surface area contributed by atoms with Crippen molar-refractivity contribution in [2.75, 3.05) is 26.2 Å². The quantitative estimate of drug-likeness (QED) is 0.769. The van der Waals surface area contributed by atoms with Crippen LogP contribution in [0.2, 0.25) is 0 Å². The molecule has 0 amide bonds. The maximum Gasteiger partial charge on any atom is 0.0636 e. The highest BCUT2D eigenvalue weighted by atomic mass is 16.5. The van der Waals surface area contributed by atoms with Gasteiger partial charge in [-0.05, 0) is 58.2 Å². The molecule has 23 heavy (non-hydrogen) atoms. The molecule has 0 saturated carbocycles. The van der Waals surface area contributed by atoms with E-state index in [2.05, 4.69) is 55.3 Å². The highest BCUT2D eigenvalue weighted by Gasteiger charge is 2.41. The van der Waals surface area contributed by atoms with E-state index < -0.39 is 0 Å². The van der Waals surface area contributed by atoms with Crippen molar-refractivity contribution in [1.82, 2.24) is 4.90 Å².